The van der Waals surface area contributed by atoms with Crippen LogP contribution in [0.3, 0.4) is 0 Å². The van der Waals surface area contributed by atoms with Crippen molar-refractivity contribution in [1.82, 2.24) is 10.2 Å². The van der Waals surface area contributed by atoms with Gasteiger partial charge in [0.25, 0.3) is 5.91 Å². The number of carbonyl (C=O) groups excluding carboxylic acids is 1. The number of nitrogens with zero attached hydrogens (tertiary/aromatic N) is 1. The van der Waals surface area contributed by atoms with Crippen molar-refractivity contribution in [2.75, 3.05) is 40.9 Å². The summed E-state index contributed by atoms with van der Waals surface area (Å²) in [5.41, 5.74) is 0.511. The molecule has 1 amide bonds. The molecule has 6 heteroatoms. The molecule has 0 saturated carbocycles. The van der Waals surface area contributed by atoms with Gasteiger partial charge in [0.15, 0.2) is 11.5 Å². The molecule has 1 aromatic carbocycles. The molecule has 21 heavy (non-hydrogen) atoms. The van der Waals surface area contributed by atoms with Crippen LogP contribution in [0, 0.1) is 0 Å². The molecular formula is C15H25ClN2O3. The van der Waals surface area contributed by atoms with Crippen molar-refractivity contribution in [2.24, 2.45) is 0 Å². The van der Waals surface area contributed by atoms with Gasteiger partial charge in [0.2, 0.25) is 0 Å². The third-order valence-corrected chi connectivity index (χ3v) is 2.74. The van der Waals surface area contributed by atoms with Crippen molar-refractivity contribution in [3.63, 3.8) is 0 Å². The fourth-order valence-corrected chi connectivity index (χ4v) is 1.70. The highest BCUT2D eigenvalue weighted by molar-refractivity contribution is 5.97. The van der Waals surface area contributed by atoms with Crippen LogP contribution in [0.2, 0.25) is 0 Å². The number of carbonyl (C=O) groups is 1. The number of likely N-dealkylation sites (N-methyl/N-ethyl adjacent to an activating group) is 1. The maximum Gasteiger partial charge on any atom is 0.255 e. The van der Waals surface area contributed by atoms with Gasteiger partial charge in [-0.3, -0.25) is 4.79 Å². The first-order valence-electron chi connectivity index (χ1n) is 6.82. The number of nitrogens with one attached hydrogen (secondary N) is 1. The van der Waals surface area contributed by atoms with Crippen LogP contribution in [-0.4, -0.2) is 51.7 Å². The molecular weight excluding hydrogens is 292 g/mol. The van der Waals surface area contributed by atoms with E-state index in [1.165, 1.54) is 0 Å². The number of rotatable bonds is 8. The highest BCUT2D eigenvalue weighted by Gasteiger charge is 2.16. The van der Waals surface area contributed by atoms with E-state index in [1.807, 2.05) is 25.9 Å². The Morgan fingerprint density at radius 3 is 2.62 bits per heavy atom. The molecule has 0 saturated heterocycles. The van der Waals surface area contributed by atoms with Crippen LogP contribution >= 0.6 is 12.4 Å². The first-order chi connectivity index (χ1) is 9.60. The number of methoxy groups -OCH3 is 1. The molecule has 0 atom stereocenters. The summed E-state index contributed by atoms with van der Waals surface area (Å²) in [6, 6.07) is 5.33. The average molecular weight is 317 g/mol. The molecule has 1 rings (SSSR count). The molecule has 0 bridgehead atoms. The van der Waals surface area contributed by atoms with Crippen molar-refractivity contribution in [2.45, 2.75) is 13.3 Å². The Labute approximate surface area is 133 Å². The fourth-order valence-electron chi connectivity index (χ4n) is 1.70. The summed E-state index contributed by atoms with van der Waals surface area (Å²) >= 11 is 0. The lowest BCUT2D eigenvalue weighted by atomic mass is 10.1. The van der Waals surface area contributed by atoms with Crippen molar-refractivity contribution in [3.8, 4) is 11.5 Å². The largest absolute Gasteiger partial charge is 0.493 e. The number of ether oxygens (including phenoxy) is 2. The Balaban J connectivity index is 0.00000400. The minimum Gasteiger partial charge on any atom is -0.493 e. The van der Waals surface area contributed by atoms with Crippen LogP contribution in [-0.2, 0) is 0 Å². The zero-order chi connectivity index (χ0) is 15.0. The molecule has 0 fully saturated rings. The molecule has 120 valence electrons. The molecule has 0 aliphatic carbocycles. The second-order valence-electron chi connectivity index (χ2n) is 4.74. The SMILES string of the molecule is CCCOc1c(OC)cccc1C(=O)NCCN(C)C.Cl. The molecule has 0 unspecified atom stereocenters. The smallest absolute Gasteiger partial charge is 0.255 e. The second-order valence-corrected chi connectivity index (χ2v) is 4.74. The van der Waals surface area contributed by atoms with E-state index in [2.05, 4.69) is 5.32 Å². The summed E-state index contributed by atoms with van der Waals surface area (Å²) in [6.45, 7) is 3.96. The Hall–Kier alpha value is -1.46. The van der Waals surface area contributed by atoms with E-state index in [4.69, 9.17) is 9.47 Å². The van der Waals surface area contributed by atoms with E-state index in [0.29, 0.717) is 30.2 Å². The van der Waals surface area contributed by atoms with Crippen LogP contribution in [0.1, 0.15) is 23.7 Å². The zero-order valence-electron chi connectivity index (χ0n) is 13.1. The maximum atomic E-state index is 12.2. The molecule has 0 heterocycles. The summed E-state index contributed by atoms with van der Waals surface area (Å²) in [7, 11) is 5.50. The van der Waals surface area contributed by atoms with Crippen molar-refractivity contribution >= 4 is 18.3 Å². The monoisotopic (exact) mass is 316 g/mol. The lowest BCUT2D eigenvalue weighted by Gasteiger charge is -2.15. The number of benzene rings is 1. The van der Waals surface area contributed by atoms with Crippen LogP contribution in [0.15, 0.2) is 18.2 Å². The van der Waals surface area contributed by atoms with Gasteiger partial charge < -0.3 is 19.7 Å². The standard InChI is InChI=1S/C15H24N2O3.ClH/c1-5-11-20-14-12(7-6-8-13(14)19-4)15(18)16-9-10-17(2)3;/h6-8H,5,9-11H2,1-4H3,(H,16,18);1H. The third-order valence-electron chi connectivity index (χ3n) is 2.74. The minimum absolute atomic E-state index is 0. The quantitative estimate of drug-likeness (QED) is 0.799. The Bertz CT molecular complexity index is 439. The second kappa shape index (κ2) is 10.3. The van der Waals surface area contributed by atoms with Gasteiger partial charge in [-0.05, 0) is 32.6 Å². The van der Waals surface area contributed by atoms with Crippen LogP contribution in [0.25, 0.3) is 0 Å². The van der Waals surface area contributed by atoms with Crippen LogP contribution in [0.4, 0.5) is 0 Å². The van der Waals surface area contributed by atoms with Crippen molar-refractivity contribution < 1.29 is 14.3 Å². The lowest BCUT2D eigenvalue weighted by molar-refractivity contribution is 0.0946. The Morgan fingerprint density at radius 1 is 1.33 bits per heavy atom. The van der Waals surface area contributed by atoms with E-state index in [-0.39, 0.29) is 18.3 Å². The topological polar surface area (TPSA) is 50.8 Å². The van der Waals surface area contributed by atoms with E-state index < -0.39 is 0 Å². The van der Waals surface area contributed by atoms with E-state index in [1.54, 1.807) is 25.3 Å². The van der Waals surface area contributed by atoms with Gasteiger partial charge in [0, 0.05) is 13.1 Å². The van der Waals surface area contributed by atoms with Gasteiger partial charge in [-0.2, -0.15) is 0 Å². The third kappa shape index (κ3) is 6.23. The summed E-state index contributed by atoms with van der Waals surface area (Å²) in [5.74, 6) is 0.953. The van der Waals surface area contributed by atoms with Gasteiger partial charge in [-0.1, -0.05) is 13.0 Å². The van der Waals surface area contributed by atoms with Gasteiger partial charge in [-0.15, -0.1) is 12.4 Å². The highest BCUT2D eigenvalue weighted by Crippen LogP contribution is 2.31. The van der Waals surface area contributed by atoms with Gasteiger partial charge in [0.1, 0.15) is 0 Å². The van der Waals surface area contributed by atoms with Crippen LogP contribution in [0.5, 0.6) is 11.5 Å². The number of hydrogen-bond acceptors (Lipinski definition) is 4. The van der Waals surface area contributed by atoms with E-state index in [9.17, 15) is 4.79 Å². The normalized spacial score (nSPS) is 9.95. The summed E-state index contributed by atoms with van der Waals surface area (Å²) in [5, 5.41) is 2.88. The molecule has 1 aromatic rings. The van der Waals surface area contributed by atoms with E-state index in [0.717, 1.165) is 13.0 Å². The molecule has 0 spiro atoms. The summed E-state index contributed by atoms with van der Waals surface area (Å²) in [6.07, 6.45) is 0.875. The van der Waals surface area contributed by atoms with Crippen molar-refractivity contribution in [3.05, 3.63) is 23.8 Å². The predicted octanol–water partition coefficient (Wildman–Crippen LogP) is 2.20. The predicted molar refractivity (Wildman–Crippen MR) is 86.9 cm³/mol. The summed E-state index contributed by atoms with van der Waals surface area (Å²) < 4.78 is 10.9. The maximum absolute atomic E-state index is 12.2. The number of para-hydroxylation sites is 1. The number of hydrogen-bond donors (Lipinski definition) is 1. The van der Waals surface area contributed by atoms with Gasteiger partial charge in [0.05, 0.1) is 19.3 Å². The Kier molecular flexibility index (Phi) is 9.58. The van der Waals surface area contributed by atoms with Crippen molar-refractivity contribution in [1.29, 1.82) is 0 Å². The van der Waals surface area contributed by atoms with E-state index >= 15 is 0 Å². The van der Waals surface area contributed by atoms with Gasteiger partial charge >= 0.3 is 0 Å². The summed E-state index contributed by atoms with van der Waals surface area (Å²) in [4.78, 5) is 14.2. The molecule has 0 aliphatic heterocycles. The molecule has 5 nitrogen and oxygen atoms in total. The molecule has 0 radical (unpaired) electrons. The molecule has 1 N–H and O–H groups in total. The average Bonchev–Trinajstić information content (AvgIpc) is 2.44. The first kappa shape index (κ1) is 19.5. The minimum atomic E-state index is -0.142. The first-order valence-corrected chi connectivity index (χ1v) is 6.82. The highest BCUT2D eigenvalue weighted by atomic mass is 35.5. The van der Waals surface area contributed by atoms with Crippen LogP contribution < -0.4 is 14.8 Å². The van der Waals surface area contributed by atoms with Gasteiger partial charge in [-0.25, -0.2) is 0 Å². The number of halogens is 1. The Morgan fingerprint density at radius 2 is 2.05 bits per heavy atom. The zero-order valence-corrected chi connectivity index (χ0v) is 14.0. The molecule has 0 aromatic heterocycles. The molecule has 0 aliphatic rings. The number of amides is 1. The fraction of sp³-hybridized carbons (Fsp3) is 0.533. The lowest BCUT2D eigenvalue weighted by Crippen LogP contribution is -2.31.